The SMILES string of the molecule is C.CCNC(CO)C(C)OC.CCNC(COC(=O)CCC(=O)CC)C(C)OC(c1ccccc1)(c1ccc(OC)cc1)c1ccc(OC)cc1.CCNC(COC(=O)CCC(=O)O)C(C)OC(c1ccccc1)(c1ccc(OC)cc1)c1ccc(OC)cc1.F[I-]I. The van der Waals surface area contributed by atoms with Crippen molar-refractivity contribution < 1.29 is 92.7 Å². The molecule has 18 nitrogen and oxygen atoms in total. The fourth-order valence-electron chi connectivity index (χ4n) is 9.97. The van der Waals surface area contributed by atoms with Crippen LogP contribution in [-0.4, -0.2) is 145 Å². The average molecular weight is 1520 g/mol. The zero-order valence-corrected chi connectivity index (χ0v) is 59.4. The molecule has 514 valence electrons. The number of aliphatic hydroxyl groups excluding tert-OH is 1. The summed E-state index contributed by atoms with van der Waals surface area (Å²) < 4.78 is 62.3. The van der Waals surface area contributed by atoms with Crippen LogP contribution in [0.4, 0.5) is 2.86 Å². The number of likely N-dealkylation sites (N-methyl/N-ethyl adjacent to an activating group) is 3. The van der Waals surface area contributed by atoms with Crippen LogP contribution in [0.25, 0.3) is 0 Å². The number of benzene rings is 6. The number of nitrogens with one attached hydrogen (secondary N) is 3. The van der Waals surface area contributed by atoms with Crippen LogP contribution in [0.2, 0.25) is 0 Å². The van der Waals surface area contributed by atoms with E-state index in [0.29, 0.717) is 19.5 Å². The molecule has 21 heteroatoms. The quantitative estimate of drug-likeness (QED) is 0.0140. The summed E-state index contributed by atoms with van der Waals surface area (Å²) in [7, 11) is 8.18. The maximum atomic E-state index is 12.4. The van der Waals surface area contributed by atoms with E-state index >= 15 is 0 Å². The van der Waals surface area contributed by atoms with Crippen molar-refractivity contribution in [2.45, 2.75) is 136 Å². The molecule has 0 fully saturated rings. The Balaban J connectivity index is 0.000000527. The fraction of sp³-hybridized carbons (Fsp3) is 0.444. The third-order valence-electron chi connectivity index (χ3n) is 15.1. The predicted octanol–water partition coefficient (Wildman–Crippen LogP) is 9.41. The van der Waals surface area contributed by atoms with Gasteiger partial charge in [0.15, 0.2) is 0 Å². The van der Waals surface area contributed by atoms with E-state index in [0.717, 1.165) is 62.9 Å². The summed E-state index contributed by atoms with van der Waals surface area (Å²) in [6.07, 6.45) is -0.541. The summed E-state index contributed by atoms with van der Waals surface area (Å²) in [4.78, 5) is 47.1. The molecule has 6 aromatic carbocycles. The van der Waals surface area contributed by atoms with Crippen molar-refractivity contribution >= 4 is 42.3 Å². The van der Waals surface area contributed by atoms with E-state index in [1.54, 1.807) is 61.1 Å². The molecular weight excluding hydrogens is 1420 g/mol. The van der Waals surface area contributed by atoms with Crippen molar-refractivity contribution in [2.75, 3.05) is 75.0 Å². The number of ketones is 1. The van der Waals surface area contributed by atoms with Crippen molar-refractivity contribution in [3.8, 4) is 23.0 Å². The second-order valence-electron chi connectivity index (χ2n) is 21.0. The summed E-state index contributed by atoms with van der Waals surface area (Å²) in [6, 6.07) is 50.7. The molecule has 0 amide bonds. The van der Waals surface area contributed by atoms with E-state index in [4.69, 9.17) is 52.8 Å². The molecule has 6 atom stereocenters. The molecule has 6 aromatic rings. The maximum absolute atomic E-state index is 12.4. The Morgan fingerprint density at radius 2 is 0.763 bits per heavy atom. The molecule has 6 rings (SSSR count). The molecule has 0 aromatic heterocycles. The van der Waals surface area contributed by atoms with Gasteiger partial charge in [0, 0.05) is 20.0 Å². The summed E-state index contributed by atoms with van der Waals surface area (Å²) in [5, 5.41) is 27.6. The zero-order valence-electron chi connectivity index (χ0n) is 55.1. The number of carbonyl (C=O) groups is 4. The predicted molar refractivity (Wildman–Crippen MR) is 367 cm³/mol. The molecule has 6 unspecified atom stereocenters. The van der Waals surface area contributed by atoms with E-state index < -0.39 is 59.1 Å². The molecule has 0 aliphatic carbocycles. The normalized spacial score (nSPS) is 12.9. The second kappa shape index (κ2) is 45.9. The van der Waals surface area contributed by atoms with Crippen molar-refractivity contribution in [1.82, 2.24) is 16.0 Å². The molecule has 0 saturated carbocycles. The van der Waals surface area contributed by atoms with Gasteiger partial charge < -0.3 is 68.8 Å². The molecule has 0 heterocycles. The number of carbonyl (C=O) groups excluding carboxylic acids is 3. The van der Waals surface area contributed by atoms with E-state index in [2.05, 4.69) is 16.0 Å². The van der Waals surface area contributed by atoms with Crippen LogP contribution >= 0.6 is 18.6 Å². The number of halogens is 3. The molecule has 93 heavy (non-hydrogen) atoms. The minimum atomic E-state index is -1.04. The van der Waals surface area contributed by atoms with E-state index in [9.17, 15) is 22.0 Å². The number of carboxylic acid groups (broad SMARTS) is 1. The fourth-order valence-corrected chi connectivity index (χ4v) is 9.97. The first-order valence-corrected chi connectivity index (χ1v) is 37.8. The number of hydrogen-bond donors (Lipinski definition) is 5. The number of aliphatic carboxylic acids is 1. The van der Waals surface area contributed by atoms with Gasteiger partial charge in [-0.15, -0.1) is 0 Å². The Morgan fingerprint density at radius 1 is 0.473 bits per heavy atom. The van der Waals surface area contributed by atoms with Crippen molar-refractivity contribution in [3.63, 3.8) is 0 Å². The van der Waals surface area contributed by atoms with Gasteiger partial charge in [-0.1, -0.05) is 144 Å². The van der Waals surface area contributed by atoms with Crippen molar-refractivity contribution in [1.29, 1.82) is 0 Å². The van der Waals surface area contributed by atoms with Crippen LogP contribution in [0.1, 0.15) is 121 Å². The number of hydrogen-bond acceptors (Lipinski definition) is 17. The number of methoxy groups -OCH3 is 5. The Kier molecular flexibility index (Phi) is 40.9. The first-order chi connectivity index (χ1) is 44.4. The van der Waals surface area contributed by atoms with Gasteiger partial charge in [0.25, 0.3) is 0 Å². The molecule has 5 N–H and O–H groups in total. The average Bonchev–Trinajstić information content (AvgIpc) is 0.762. The Labute approximate surface area is 571 Å². The molecule has 0 spiro atoms. The number of carboxylic acids is 1. The standard InChI is InChI=1S/C33H41NO6.C31H37NO7.C7H17NO2.CH4.FI2/c1-6-28(35)17-22-32(36)39-23-31(34-7-2)24(3)40-33(25-11-9-8-10-12-25,26-13-18-29(37-4)19-14-26)27-15-20-30(38-5)21-16-27;1-5-32-28(21-38-30(35)20-19-29(33)34)22(2)39-31(23-9-7-6-8-10-23,24-11-15-26(36-3)16-12-24)25-13-17-27(37-4)18-14-25;1-4-8-7(5-9)6(2)10-3;;1-3-2/h8-16,18-21,24,31,34H,6-7,17,22-23H2,1-5H3;6-18,22,28,32H,5,19-21H2,1-4H3,(H,33,34);6-9H,4-5H2,1-3H3;1H4;/q;;;;-1. The van der Waals surface area contributed by atoms with Gasteiger partial charge in [-0.25, -0.2) is 0 Å². The van der Waals surface area contributed by atoms with Gasteiger partial charge in [-0.2, -0.15) is 0 Å². The van der Waals surface area contributed by atoms with Gasteiger partial charge >= 0.3 is 57.2 Å². The summed E-state index contributed by atoms with van der Waals surface area (Å²) in [5.41, 5.74) is 3.46. The first kappa shape index (κ1) is 82.8. The van der Waals surface area contributed by atoms with Crippen LogP contribution in [0.3, 0.4) is 0 Å². The molecule has 0 bridgehead atoms. The summed E-state index contributed by atoms with van der Waals surface area (Å²) >= 11 is 0.792. The van der Waals surface area contributed by atoms with Gasteiger partial charge in [0.1, 0.15) is 53.2 Å². The number of rotatable bonds is 36. The van der Waals surface area contributed by atoms with Gasteiger partial charge in [-0.05, 0) is 122 Å². The van der Waals surface area contributed by atoms with Crippen molar-refractivity contribution in [2.24, 2.45) is 0 Å². The van der Waals surface area contributed by atoms with Crippen LogP contribution in [0, 0.1) is 0 Å². The number of esters is 2. The number of aliphatic hydroxyl groups is 1. The number of ether oxygens (including phenoxy) is 9. The van der Waals surface area contributed by atoms with Crippen LogP contribution in [0.5, 0.6) is 23.0 Å². The van der Waals surface area contributed by atoms with E-state index in [1.807, 2.05) is 199 Å². The van der Waals surface area contributed by atoms with Gasteiger partial charge in [-0.3, -0.25) is 19.2 Å². The zero-order chi connectivity index (χ0) is 67.9. The van der Waals surface area contributed by atoms with E-state index in [1.165, 1.54) is 0 Å². The summed E-state index contributed by atoms with van der Waals surface area (Å²) in [6.45, 7) is 16.0. The third kappa shape index (κ3) is 26.4. The van der Waals surface area contributed by atoms with Crippen LogP contribution in [0.15, 0.2) is 158 Å². The van der Waals surface area contributed by atoms with E-state index in [-0.39, 0.29) is 82.9 Å². The number of Topliss-reactive ketones (excluding diaryl/α,β-unsaturated/α-hetero) is 1. The third-order valence-corrected chi connectivity index (χ3v) is 15.1. The monoisotopic (exact) mass is 1520 g/mol. The summed E-state index contributed by atoms with van der Waals surface area (Å²) in [5.74, 6) is 0.982. The Morgan fingerprint density at radius 3 is 1.02 bits per heavy atom. The first-order valence-electron chi connectivity index (χ1n) is 30.7. The Hall–Kier alpha value is -6.29. The molecule has 0 aliphatic heterocycles. The molecule has 0 saturated heterocycles. The van der Waals surface area contributed by atoms with Gasteiger partial charge in [0.05, 0.1) is 90.7 Å². The van der Waals surface area contributed by atoms with Crippen molar-refractivity contribution in [3.05, 3.63) is 191 Å². The van der Waals surface area contributed by atoms with Crippen LogP contribution in [-0.2, 0) is 54.1 Å². The Bertz CT molecular complexity index is 2900. The second-order valence-corrected chi connectivity index (χ2v) is 23.4. The molecule has 0 radical (unpaired) electrons. The molecular formula is C72H99FI2N3O15-. The minimum absolute atomic E-state index is 0. The van der Waals surface area contributed by atoms with Gasteiger partial charge in [0.2, 0.25) is 0 Å². The topological polar surface area (TPSA) is 228 Å². The molecule has 0 aliphatic rings. The van der Waals surface area contributed by atoms with Crippen LogP contribution < -0.4 is 52.7 Å².